The molecule has 0 aliphatic heterocycles. The lowest BCUT2D eigenvalue weighted by Gasteiger charge is -2.28. The summed E-state index contributed by atoms with van der Waals surface area (Å²) < 4.78 is 9.09. The molecule has 0 saturated heterocycles. The van der Waals surface area contributed by atoms with E-state index in [2.05, 4.69) is 16.6 Å². The molecule has 0 bridgehead atoms. The van der Waals surface area contributed by atoms with Crippen LogP contribution in [0.1, 0.15) is 49.9 Å². The number of carbonyl (C=O) groups excluding carboxylic acids is 1. The molecule has 2 rings (SSSR count). The van der Waals surface area contributed by atoms with Gasteiger partial charge < -0.3 is 15.8 Å². The summed E-state index contributed by atoms with van der Waals surface area (Å²) in [5, 5.41) is 4.08. The summed E-state index contributed by atoms with van der Waals surface area (Å²) in [7, 11) is 0. The standard InChI is InChI=1S/C14H23N3O2S/c1-3-19-14(18)11-12(15)17-20-13(11)16-8-10-7-5-4-6-9(10)2/h9-10,16H,3-8H2,1-2H3,(H2,15,17). The van der Waals surface area contributed by atoms with Gasteiger partial charge in [-0.15, -0.1) is 0 Å². The van der Waals surface area contributed by atoms with Crippen molar-refractivity contribution in [2.45, 2.75) is 39.5 Å². The third kappa shape index (κ3) is 3.42. The Morgan fingerprint density at radius 1 is 1.50 bits per heavy atom. The van der Waals surface area contributed by atoms with Crippen molar-refractivity contribution in [1.82, 2.24) is 4.37 Å². The van der Waals surface area contributed by atoms with E-state index in [1.807, 2.05) is 0 Å². The molecule has 2 unspecified atom stereocenters. The highest BCUT2D eigenvalue weighted by Crippen LogP contribution is 2.32. The molecular weight excluding hydrogens is 274 g/mol. The number of nitrogen functional groups attached to an aromatic ring is 1. The fraction of sp³-hybridized carbons (Fsp3) is 0.714. The Morgan fingerprint density at radius 3 is 2.95 bits per heavy atom. The second-order valence-electron chi connectivity index (χ2n) is 5.40. The summed E-state index contributed by atoms with van der Waals surface area (Å²) in [6.45, 7) is 5.30. The molecule has 1 saturated carbocycles. The number of rotatable bonds is 5. The maximum atomic E-state index is 11.9. The predicted molar refractivity (Wildman–Crippen MR) is 82.1 cm³/mol. The summed E-state index contributed by atoms with van der Waals surface area (Å²) in [5.74, 6) is 1.25. The third-order valence-electron chi connectivity index (χ3n) is 4.01. The fourth-order valence-electron chi connectivity index (χ4n) is 2.74. The number of aromatic nitrogens is 1. The van der Waals surface area contributed by atoms with Gasteiger partial charge in [0.15, 0.2) is 5.82 Å². The van der Waals surface area contributed by atoms with E-state index in [4.69, 9.17) is 10.5 Å². The molecule has 0 spiro atoms. The minimum absolute atomic E-state index is 0.257. The highest BCUT2D eigenvalue weighted by atomic mass is 32.1. The van der Waals surface area contributed by atoms with E-state index < -0.39 is 5.97 Å². The number of nitrogens with one attached hydrogen (secondary N) is 1. The summed E-state index contributed by atoms with van der Waals surface area (Å²) >= 11 is 1.23. The Balaban J connectivity index is 2.00. The molecule has 0 aromatic carbocycles. The van der Waals surface area contributed by atoms with Crippen LogP contribution >= 0.6 is 11.5 Å². The van der Waals surface area contributed by atoms with Gasteiger partial charge >= 0.3 is 5.97 Å². The lowest BCUT2D eigenvalue weighted by atomic mass is 9.80. The molecule has 1 aromatic rings. The molecule has 0 amide bonds. The van der Waals surface area contributed by atoms with Gasteiger partial charge in [0.1, 0.15) is 10.6 Å². The van der Waals surface area contributed by atoms with Crippen molar-refractivity contribution in [3.8, 4) is 0 Å². The monoisotopic (exact) mass is 297 g/mol. The Hall–Kier alpha value is -1.30. The maximum Gasteiger partial charge on any atom is 0.344 e. The zero-order valence-corrected chi connectivity index (χ0v) is 13.0. The fourth-order valence-corrected chi connectivity index (χ4v) is 3.45. The Kier molecular flexibility index (Phi) is 5.23. The minimum atomic E-state index is -0.391. The largest absolute Gasteiger partial charge is 0.462 e. The molecular formula is C14H23N3O2S. The van der Waals surface area contributed by atoms with Crippen LogP contribution in [0.4, 0.5) is 10.8 Å². The van der Waals surface area contributed by atoms with Crippen molar-refractivity contribution in [2.75, 3.05) is 24.2 Å². The molecule has 112 valence electrons. The van der Waals surface area contributed by atoms with Crippen molar-refractivity contribution < 1.29 is 9.53 Å². The maximum absolute atomic E-state index is 11.9. The molecule has 1 fully saturated rings. The van der Waals surface area contributed by atoms with E-state index in [-0.39, 0.29) is 5.82 Å². The van der Waals surface area contributed by atoms with Gasteiger partial charge in [-0.05, 0) is 36.7 Å². The first-order valence-electron chi connectivity index (χ1n) is 7.29. The summed E-state index contributed by atoms with van der Waals surface area (Å²) in [6, 6.07) is 0. The molecule has 6 heteroatoms. The Labute approximate surface area is 124 Å². The molecule has 5 nitrogen and oxygen atoms in total. The van der Waals surface area contributed by atoms with Crippen LogP contribution in [0.2, 0.25) is 0 Å². The second-order valence-corrected chi connectivity index (χ2v) is 6.17. The van der Waals surface area contributed by atoms with E-state index in [1.165, 1.54) is 37.2 Å². The Morgan fingerprint density at radius 2 is 2.25 bits per heavy atom. The third-order valence-corrected chi connectivity index (χ3v) is 4.83. The zero-order valence-electron chi connectivity index (χ0n) is 12.1. The molecule has 1 aliphatic carbocycles. The number of nitrogens with two attached hydrogens (primary N) is 1. The van der Waals surface area contributed by atoms with Gasteiger partial charge in [-0.1, -0.05) is 26.2 Å². The number of carbonyl (C=O) groups is 1. The predicted octanol–water partition coefficient (Wildman–Crippen LogP) is 3.14. The second kappa shape index (κ2) is 6.92. The summed E-state index contributed by atoms with van der Waals surface area (Å²) in [6.07, 6.45) is 5.17. The normalized spacial score (nSPS) is 22.5. The summed E-state index contributed by atoms with van der Waals surface area (Å²) in [5.41, 5.74) is 6.16. The van der Waals surface area contributed by atoms with Crippen molar-refractivity contribution in [3.05, 3.63) is 5.56 Å². The van der Waals surface area contributed by atoms with Gasteiger partial charge in [-0.2, -0.15) is 4.37 Å². The quantitative estimate of drug-likeness (QED) is 0.816. The molecule has 1 heterocycles. The van der Waals surface area contributed by atoms with Crippen LogP contribution in [0.15, 0.2) is 0 Å². The molecule has 0 radical (unpaired) electrons. The zero-order chi connectivity index (χ0) is 14.5. The van der Waals surface area contributed by atoms with Gasteiger partial charge in [0.2, 0.25) is 0 Å². The lowest BCUT2D eigenvalue weighted by Crippen LogP contribution is -2.24. The van der Waals surface area contributed by atoms with Crippen molar-refractivity contribution >= 4 is 28.3 Å². The summed E-state index contributed by atoms with van der Waals surface area (Å²) in [4.78, 5) is 11.9. The molecule has 1 aliphatic rings. The van der Waals surface area contributed by atoms with Crippen molar-refractivity contribution in [2.24, 2.45) is 11.8 Å². The minimum Gasteiger partial charge on any atom is -0.462 e. The van der Waals surface area contributed by atoms with Gasteiger partial charge in [0.05, 0.1) is 6.61 Å². The van der Waals surface area contributed by atoms with Crippen LogP contribution in [0.5, 0.6) is 0 Å². The first kappa shape index (κ1) is 15.1. The average Bonchev–Trinajstić information content (AvgIpc) is 2.79. The van der Waals surface area contributed by atoms with Crippen molar-refractivity contribution in [1.29, 1.82) is 0 Å². The lowest BCUT2D eigenvalue weighted by molar-refractivity contribution is 0.0529. The number of nitrogens with zero attached hydrogens (tertiary/aromatic N) is 1. The van der Waals surface area contributed by atoms with Crippen LogP contribution < -0.4 is 11.1 Å². The first-order chi connectivity index (χ1) is 9.63. The SMILES string of the molecule is CCOC(=O)c1c(N)nsc1NCC1CCCCC1C. The smallest absolute Gasteiger partial charge is 0.344 e. The van der Waals surface area contributed by atoms with E-state index >= 15 is 0 Å². The van der Waals surface area contributed by atoms with E-state index in [1.54, 1.807) is 6.92 Å². The number of anilines is 2. The van der Waals surface area contributed by atoms with E-state index in [0.717, 1.165) is 17.5 Å². The van der Waals surface area contributed by atoms with Gasteiger partial charge in [0, 0.05) is 6.54 Å². The van der Waals surface area contributed by atoms with E-state index in [9.17, 15) is 4.79 Å². The Bertz CT molecular complexity index is 461. The van der Waals surface area contributed by atoms with Gasteiger partial charge in [-0.25, -0.2) is 4.79 Å². The van der Waals surface area contributed by atoms with Gasteiger partial charge in [-0.3, -0.25) is 0 Å². The number of hydrogen-bond donors (Lipinski definition) is 2. The van der Waals surface area contributed by atoms with Crippen LogP contribution in [0, 0.1) is 11.8 Å². The van der Waals surface area contributed by atoms with Crippen LogP contribution in [-0.4, -0.2) is 23.5 Å². The van der Waals surface area contributed by atoms with Gasteiger partial charge in [0.25, 0.3) is 0 Å². The van der Waals surface area contributed by atoms with Crippen LogP contribution in [-0.2, 0) is 4.74 Å². The molecule has 1 aromatic heterocycles. The first-order valence-corrected chi connectivity index (χ1v) is 8.07. The topological polar surface area (TPSA) is 77.2 Å². The molecule has 20 heavy (non-hydrogen) atoms. The average molecular weight is 297 g/mol. The van der Waals surface area contributed by atoms with Crippen LogP contribution in [0.3, 0.4) is 0 Å². The molecule has 3 N–H and O–H groups in total. The number of esters is 1. The number of ether oxygens (including phenoxy) is 1. The highest BCUT2D eigenvalue weighted by Gasteiger charge is 2.24. The van der Waals surface area contributed by atoms with Crippen LogP contribution in [0.25, 0.3) is 0 Å². The number of hydrogen-bond acceptors (Lipinski definition) is 6. The highest BCUT2D eigenvalue weighted by molar-refractivity contribution is 7.11. The van der Waals surface area contributed by atoms with E-state index in [0.29, 0.717) is 18.1 Å². The molecule has 2 atom stereocenters. The van der Waals surface area contributed by atoms with Crippen molar-refractivity contribution in [3.63, 3.8) is 0 Å².